The summed E-state index contributed by atoms with van der Waals surface area (Å²) in [7, 11) is 0. The van der Waals surface area contributed by atoms with Gasteiger partial charge in [-0.05, 0) is 17.2 Å². The van der Waals surface area contributed by atoms with Crippen molar-refractivity contribution >= 4 is 11.9 Å². The number of rotatable bonds is 5. The largest absolute Gasteiger partial charge is 0.459 e. The van der Waals surface area contributed by atoms with Crippen molar-refractivity contribution < 1.29 is 23.8 Å². The minimum absolute atomic E-state index is 0.0401. The summed E-state index contributed by atoms with van der Waals surface area (Å²) in [5, 5.41) is 9.90. The molecule has 1 aliphatic heterocycles. The highest BCUT2D eigenvalue weighted by atomic mass is 19.1. The van der Waals surface area contributed by atoms with E-state index >= 15 is 0 Å². The lowest BCUT2D eigenvalue weighted by atomic mass is 10.1. The van der Waals surface area contributed by atoms with Crippen molar-refractivity contribution in [3.8, 4) is 0 Å². The van der Waals surface area contributed by atoms with Gasteiger partial charge in [-0.2, -0.15) is 0 Å². The van der Waals surface area contributed by atoms with E-state index in [0.29, 0.717) is 0 Å². The summed E-state index contributed by atoms with van der Waals surface area (Å²) in [4.78, 5) is 26.2. The third-order valence-electron chi connectivity index (χ3n) is 4.39. The van der Waals surface area contributed by atoms with E-state index < -0.39 is 29.8 Å². The third-order valence-corrected chi connectivity index (χ3v) is 4.39. The molecule has 136 valence electrons. The van der Waals surface area contributed by atoms with Crippen LogP contribution in [0.15, 0.2) is 54.6 Å². The average molecular weight is 357 g/mol. The molecular formula is C20H20FNO4. The van der Waals surface area contributed by atoms with E-state index in [-0.39, 0.29) is 31.6 Å². The fraction of sp³-hybridized carbons (Fsp3) is 0.300. The second-order valence-electron chi connectivity index (χ2n) is 6.31. The summed E-state index contributed by atoms with van der Waals surface area (Å²) < 4.78 is 19.1. The van der Waals surface area contributed by atoms with Crippen LogP contribution in [0.1, 0.15) is 17.5 Å². The Bertz CT molecular complexity index is 780. The lowest BCUT2D eigenvalue weighted by Gasteiger charge is -2.23. The molecule has 0 saturated carbocycles. The fourth-order valence-electron chi connectivity index (χ4n) is 3.04. The Balaban J connectivity index is 1.65. The Hall–Kier alpha value is -2.73. The molecule has 2 aromatic carbocycles. The van der Waals surface area contributed by atoms with Gasteiger partial charge in [0.05, 0.1) is 12.5 Å². The highest BCUT2D eigenvalue weighted by Crippen LogP contribution is 2.21. The topological polar surface area (TPSA) is 66.8 Å². The van der Waals surface area contributed by atoms with Gasteiger partial charge < -0.3 is 14.7 Å². The number of halogens is 1. The predicted octanol–water partition coefficient (Wildman–Crippen LogP) is 2.07. The van der Waals surface area contributed by atoms with Gasteiger partial charge in [-0.25, -0.2) is 9.18 Å². The van der Waals surface area contributed by atoms with Gasteiger partial charge in [-0.1, -0.05) is 48.5 Å². The molecule has 1 N–H and O–H groups in total. The maximum absolute atomic E-state index is 13.8. The van der Waals surface area contributed by atoms with E-state index in [2.05, 4.69) is 0 Å². The third kappa shape index (κ3) is 4.26. The number of β-amino-alcohol motifs (C(OH)–C–C–N with tert-alkyl or cyclic N) is 1. The maximum Gasteiger partial charge on any atom is 0.329 e. The normalized spacial score (nSPS) is 19.4. The highest BCUT2D eigenvalue weighted by molar-refractivity contribution is 5.86. The Kier molecular flexibility index (Phi) is 5.63. The van der Waals surface area contributed by atoms with Gasteiger partial charge in [-0.3, -0.25) is 4.79 Å². The molecular weight excluding hydrogens is 337 g/mol. The van der Waals surface area contributed by atoms with E-state index in [9.17, 15) is 19.1 Å². The van der Waals surface area contributed by atoms with Crippen LogP contribution in [0.25, 0.3) is 0 Å². The van der Waals surface area contributed by atoms with E-state index in [0.717, 1.165) is 5.56 Å². The number of likely N-dealkylation sites (tertiary alicyclic amines) is 1. The van der Waals surface area contributed by atoms with E-state index in [4.69, 9.17) is 4.74 Å². The lowest BCUT2D eigenvalue weighted by Crippen LogP contribution is -2.42. The molecule has 2 aromatic rings. The zero-order valence-corrected chi connectivity index (χ0v) is 14.2. The van der Waals surface area contributed by atoms with Crippen molar-refractivity contribution in [1.82, 2.24) is 4.90 Å². The molecule has 0 spiro atoms. The number of aliphatic hydroxyl groups excluding tert-OH is 1. The number of hydrogen-bond donors (Lipinski definition) is 1. The molecule has 1 heterocycles. The van der Waals surface area contributed by atoms with Crippen LogP contribution in [0.2, 0.25) is 0 Å². The maximum atomic E-state index is 13.8. The van der Waals surface area contributed by atoms with Gasteiger partial charge in [0.2, 0.25) is 5.91 Å². The lowest BCUT2D eigenvalue weighted by molar-refractivity contribution is -0.154. The van der Waals surface area contributed by atoms with Crippen LogP contribution in [-0.2, 0) is 27.4 Å². The van der Waals surface area contributed by atoms with Gasteiger partial charge in [-0.15, -0.1) is 0 Å². The number of carbonyl (C=O) groups is 2. The van der Waals surface area contributed by atoms with Crippen LogP contribution >= 0.6 is 0 Å². The molecule has 0 bridgehead atoms. The van der Waals surface area contributed by atoms with Gasteiger partial charge in [0, 0.05) is 13.0 Å². The molecule has 6 heteroatoms. The predicted molar refractivity (Wildman–Crippen MR) is 92.5 cm³/mol. The van der Waals surface area contributed by atoms with E-state index in [1.54, 1.807) is 12.1 Å². The molecule has 1 amide bonds. The number of amides is 1. The molecule has 1 saturated heterocycles. The number of nitrogens with zero attached hydrogens (tertiary/aromatic N) is 1. The first-order valence-electron chi connectivity index (χ1n) is 8.46. The van der Waals surface area contributed by atoms with Gasteiger partial charge in [0.1, 0.15) is 18.5 Å². The summed E-state index contributed by atoms with van der Waals surface area (Å²) in [5.41, 5.74) is 1.10. The summed E-state index contributed by atoms with van der Waals surface area (Å²) in [6, 6.07) is 14.4. The number of aliphatic hydroxyl groups is 1. The summed E-state index contributed by atoms with van der Waals surface area (Å²) >= 11 is 0. The molecule has 5 nitrogen and oxygen atoms in total. The van der Waals surface area contributed by atoms with E-state index in [1.165, 1.54) is 17.0 Å². The van der Waals surface area contributed by atoms with Crippen molar-refractivity contribution in [3.05, 3.63) is 71.5 Å². The molecule has 1 aliphatic rings. The van der Waals surface area contributed by atoms with Crippen LogP contribution < -0.4 is 0 Å². The molecule has 3 rings (SSSR count). The zero-order valence-electron chi connectivity index (χ0n) is 14.2. The fourth-order valence-corrected chi connectivity index (χ4v) is 3.04. The van der Waals surface area contributed by atoms with Gasteiger partial charge in [0.25, 0.3) is 0 Å². The smallest absolute Gasteiger partial charge is 0.329 e. The standard InChI is InChI=1S/C20H20FNO4/c21-17-9-5-4-8-15(17)10-19(24)22-12-16(23)11-18(22)20(25)26-13-14-6-2-1-3-7-14/h1-9,16,18,23H,10-13H2/t16-,18+/m0/s1. The Morgan fingerprint density at radius 1 is 1.12 bits per heavy atom. The van der Waals surface area contributed by atoms with Crippen LogP contribution in [0, 0.1) is 5.82 Å². The van der Waals surface area contributed by atoms with Crippen LogP contribution in [0.3, 0.4) is 0 Å². The first-order chi connectivity index (χ1) is 12.5. The average Bonchev–Trinajstić information content (AvgIpc) is 3.04. The van der Waals surface area contributed by atoms with Crippen molar-refractivity contribution in [3.63, 3.8) is 0 Å². The molecule has 0 radical (unpaired) electrons. The minimum atomic E-state index is -0.854. The number of ether oxygens (including phenoxy) is 1. The second kappa shape index (κ2) is 8.10. The van der Waals surface area contributed by atoms with Crippen molar-refractivity contribution in [2.24, 2.45) is 0 Å². The van der Waals surface area contributed by atoms with Crippen molar-refractivity contribution in [2.75, 3.05) is 6.54 Å². The summed E-state index contributed by atoms with van der Waals surface area (Å²) in [6.07, 6.45) is -0.841. The first kappa shape index (κ1) is 18.1. The monoisotopic (exact) mass is 357 g/mol. The van der Waals surface area contributed by atoms with Crippen LogP contribution in [0.5, 0.6) is 0 Å². The number of benzene rings is 2. The molecule has 2 atom stereocenters. The van der Waals surface area contributed by atoms with Crippen molar-refractivity contribution in [1.29, 1.82) is 0 Å². The quantitative estimate of drug-likeness (QED) is 0.832. The van der Waals surface area contributed by atoms with Crippen LogP contribution in [0.4, 0.5) is 4.39 Å². The molecule has 1 fully saturated rings. The molecule has 0 unspecified atom stereocenters. The molecule has 26 heavy (non-hydrogen) atoms. The van der Waals surface area contributed by atoms with E-state index in [1.807, 2.05) is 30.3 Å². The Morgan fingerprint density at radius 2 is 1.81 bits per heavy atom. The highest BCUT2D eigenvalue weighted by Gasteiger charge is 2.39. The molecule has 0 aromatic heterocycles. The summed E-state index contributed by atoms with van der Waals surface area (Å²) in [5.74, 6) is -1.44. The summed E-state index contributed by atoms with van der Waals surface area (Å²) in [6.45, 7) is 0.139. The number of hydrogen-bond acceptors (Lipinski definition) is 4. The number of carbonyl (C=O) groups excluding carboxylic acids is 2. The zero-order chi connectivity index (χ0) is 18.5. The second-order valence-corrected chi connectivity index (χ2v) is 6.31. The molecule has 0 aliphatic carbocycles. The minimum Gasteiger partial charge on any atom is -0.459 e. The Morgan fingerprint density at radius 3 is 2.54 bits per heavy atom. The Labute approximate surface area is 151 Å². The van der Waals surface area contributed by atoms with Gasteiger partial charge in [0.15, 0.2) is 0 Å². The van der Waals surface area contributed by atoms with Gasteiger partial charge >= 0.3 is 5.97 Å². The SMILES string of the molecule is O=C(OCc1ccccc1)[C@H]1C[C@H](O)CN1C(=O)Cc1ccccc1F. The van der Waals surface area contributed by atoms with Crippen molar-refractivity contribution in [2.45, 2.75) is 31.6 Å². The van der Waals surface area contributed by atoms with Crippen LogP contribution in [-0.4, -0.2) is 40.6 Å². The first-order valence-corrected chi connectivity index (χ1v) is 8.46. The number of esters is 1.